The molecular formula is C35H38FN3O4S. The highest BCUT2D eigenvalue weighted by atomic mass is 32.2. The maximum Gasteiger partial charge on any atom is 0.264 e. The molecule has 0 radical (unpaired) electrons. The number of amides is 2. The number of halogens is 1. The molecule has 0 aromatic heterocycles. The smallest absolute Gasteiger partial charge is 0.264 e. The van der Waals surface area contributed by atoms with E-state index < -0.39 is 40.2 Å². The number of anilines is 1. The molecule has 230 valence electrons. The molecule has 44 heavy (non-hydrogen) atoms. The molecule has 4 aromatic carbocycles. The van der Waals surface area contributed by atoms with E-state index in [1.165, 1.54) is 23.1 Å². The summed E-state index contributed by atoms with van der Waals surface area (Å²) in [4.78, 5) is 29.6. The van der Waals surface area contributed by atoms with Gasteiger partial charge in [0.15, 0.2) is 0 Å². The van der Waals surface area contributed by atoms with Crippen molar-refractivity contribution in [3.8, 4) is 0 Å². The van der Waals surface area contributed by atoms with E-state index in [1.54, 1.807) is 54.6 Å². The van der Waals surface area contributed by atoms with Crippen molar-refractivity contribution in [3.63, 3.8) is 0 Å². The van der Waals surface area contributed by atoms with Crippen LogP contribution in [0.1, 0.15) is 37.0 Å². The van der Waals surface area contributed by atoms with E-state index in [4.69, 9.17) is 0 Å². The summed E-state index contributed by atoms with van der Waals surface area (Å²) in [6.07, 6.45) is 0.820. The first kappa shape index (κ1) is 32.4. The first-order valence-electron chi connectivity index (χ1n) is 14.6. The van der Waals surface area contributed by atoms with Crippen molar-refractivity contribution in [2.24, 2.45) is 0 Å². The lowest BCUT2D eigenvalue weighted by atomic mass is 10.0. The lowest BCUT2D eigenvalue weighted by molar-refractivity contribution is -0.140. The Morgan fingerprint density at radius 2 is 1.50 bits per heavy atom. The maximum absolute atomic E-state index is 15.0. The monoisotopic (exact) mass is 615 g/mol. The van der Waals surface area contributed by atoms with E-state index in [2.05, 4.69) is 5.32 Å². The Labute approximate surface area is 259 Å². The predicted octanol–water partition coefficient (Wildman–Crippen LogP) is 5.88. The minimum Gasteiger partial charge on any atom is -0.352 e. The zero-order valence-electron chi connectivity index (χ0n) is 25.2. The number of hydrogen-bond acceptors (Lipinski definition) is 4. The first-order valence-corrected chi connectivity index (χ1v) is 16.1. The summed E-state index contributed by atoms with van der Waals surface area (Å²) in [7, 11) is -4.20. The van der Waals surface area contributed by atoms with Crippen LogP contribution in [0.3, 0.4) is 0 Å². The third kappa shape index (κ3) is 8.11. The topological polar surface area (TPSA) is 86.8 Å². The van der Waals surface area contributed by atoms with Crippen LogP contribution in [-0.4, -0.2) is 43.8 Å². The molecular weight excluding hydrogens is 577 g/mol. The van der Waals surface area contributed by atoms with Crippen molar-refractivity contribution in [2.75, 3.05) is 10.8 Å². The van der Waals surface area contributed by atoms with Gasteiger partial charge in [-0.05, 0) is 61.7 Å². The van der Waals surface area contributed by atoms with Crippen LogP contribution in [0.25, 0.3) is 0 Å². The average Bonchev–Trinajstić information content (AvgIpc) is 3.03. The van der Waals surface area contributed by atoms with Crippen LogP contribution in [0, 0.1) is 12.7 Å². The van der Waals surface area contributed by atoms with Crippen molar-refractivity contribution in [3.05, 3.63) is 132 Å². The van der Waals surface area contributed by atoms with Crippen LogP contribution in [0.15, 0.2) is 114 Å². The zero-order valence-corrected chi connectivity index (χ0v) is 26.0. The predicted molar refractivity (Wildman–Crippen MR) is 171 cm³/mol. The second kappa shape index (κ2) is 14.8. The Kier molecular flexibility index (Phi) is 10.9. The van der Waals surface area contributed by atoms with Gasteiger partial charge in [0.1, 0.15) is 18.4 Å². The minimum atomic E-state index is -4.20. The van der Waals surface area contributed by atoms with Gasteiger partial charge in [0.2, 0.25) is 11.8 Å². The fourth-order valence-electron chi connectivity index (χ4n) is 4.84. The molecule has 1 N–H and O–H groups in total. The summed E-state index contributed by atoms with van der Waals surface area (Å²) in [5.41, 5.74) is 2.12. The highest BCUT2D eigenvalue weighted by Gasteiger charge is 2.35. The van der Waals surface area contributed by atoms with Crippen LogP contribution < -0.4 is 9.62 Å². The van der Waals surface area contributed by atoms with Crippen molar-refractivity contribution in [2.45, 2.75) is 57.1 Å². The molecule has 0 aliphatic heterocycles. The lowest BCUT2D eigenvalue weighted by Crippen LogP contribution is -2.54. The Balaban J connectivity index is 1.81. The number of carbonyl (C=O) groups is 2. The average molecular weight is 616 g/mol. The first-order chi connectivity index (χ1) is 21.1. The molecule has 0 bridgehead atoms. The van der Waals surface area contributed by atoms with Gasteiger partial charge in [-0.15, -0.1) is 0 Å². The highest BCUT2D eigenvalue weighted by molar-refractivity contribution is 7.92. The molecule has 0 aliphatic rings. The second-order valence-corrected chi connectivity index (χ2v) is 12.7. The zero-order chi connectivity index (χ0) is 31.7. The van der Waals surface area contributed by atoms with E-state index in [9.17, 15) is 18.0 Å². The largest absolute Gasteiger partial charge is 0.352 e. The van der Waals surface area contributed by atoms with Gasteiger partial charge in [0.25, 0.3) is 10.0 Å². The second-order valence-electron chi connectivity index (χ2n) is 10.8. The van der Waals surface area contributed by atoms with Crippen LogP contribution in [0.5, 0.6) is 0 Å². The number of sulfonamides is 1. The normalized spacial score (nSPS) is 12.6. The Bertz CT molecular complexity index is 1670. The van der Waals surface area contributed by atoms with Gasteiger partial charge in [-0.25, -0.2) is 12.8 Å². The number of nitrogens with one attached hydrogen (secondary N) is 1. The lowest BCUT2D eigenvalue weighted by Gasteiger charge is -2.34. The molecule has 0 saturated heterocycles. The van der Waals surface area contributed by atoms with E-state index in [-0.39, 0.29) is 29.5 Å². The van der Waals surface area contributed by atoms with Gasteiger partial charge in [-0.1, -0.05) is 85.8 Å². The van der Waals surface area contributed by atoms with Gasteiger partial charge in [-0.3, -0.25) is 13.9 Å². The molecule has 0 aliphatic carbocycles. The summed E-state index contributed by atoms with van der Waals surface area (Å²) in [5.74, 6) is -1.58. The third-order valence-corrected chi connectivity index (χ3v) is 9.26. The number of aryl methyl sites for hydroxylation is 1. The standard InChI is InChI=1S/C35H38FN3O4S/c1-4-27(3)37-35(41)33(23-28-15-7-5-8-16-28)38(24-29-17-11-12-21-32(29)36)34(40)25-39(30-18-13-14-26(2)22-30)44(42,43)31-19-9-6-10-20-31/h5-22,27,33H,4,23-25H2,1-3H3,(H,37,41)/t27-,33+/m0/s1. The van der Waals surface area contributed by atoms with Crippen molar-refractivity contribution < 1.29 is 22.4 Å². The molecule has 2 atom stereocenters. The van der Waals surface area contributed by atoms with E-state index in [0.29, 0.717) is 12.1 Å². The van der Waals surface area contributed by atoms with E-state index in [1.807, 2.05) is 57.2 Å². The number of rotatable bonds is 13. The third-order valence-electron chi connectivity index (χ3n) is 7.47. The van der Waals surface area contributed by atoms with E-state index >= 15 is 4.39 Å². The molecule has 2 amide bonds. The quantitative estimate of drug-likeness (QED) is 0.203. The molecule has 0 unspecified atom stereocenters. The van der Waals surface area contributed by atoms with E-state index in [0.717, 1.165) is 15.4 Å². The minimum absolute atomic E-state index is 0.0188. The Morgan fingerprint density at radius 1 is 0.864 bits per heavy atom. The summed E-state index contributed by atoms with van der Waals surface area (Å²) in [6, 6.07) is 28.8. The number of benzene rings is 4. The Morgan fingerprint density at radius 3 is 2.14 bits per heavy atom. The van der Waals surface area contributed by atoms with Gasteiger partial charge >= 0.3 is 0 Å². The molecule has 7 nitrogen and oxygen atoms in total. The van der Waals surface area contributed by atoms with Gasteiger partial charge in [0, 0.05) is 24.6 Å². The number of hydrogen-bond donors (Lipinski definition) is 1. The molecule has 0 saturated carbocycles. The molecule has 9 heteroatoms. The highest BCUT2D eigenvalue weighted by Crippen LogP contribution is 2.26. The summed E-state index contributed by atoms with van der Waals surface area (Å²) in [6.45, 7) is 4.80. The van der Waals surface area contributed by atoms with Gasteiger partial charge in [-0.2, -0.15) is 0 Å². The van der Waals surface area contributed by atoms with Crippen molar-refractivity contribution >= 4 is 27.5 Å². The number of carbonyl (C=O) groups excluding carboxylic acids is 2. The van der Waals surface area contributed by atoms with Gasteiger partial charge < -0.3 is 10.2 Å². The SMILES string of the molecule is CC[C@H](C)NC(=O)[C@@H](Cc1ccccc1)N(Cc1ccccc1F)C(=O)CN(c1cccc(C)c1)S(=O)(=O)c1ccccc1. The maximum atomic E-state index is 15.0. The number of nitrogens with zero attached hydrogens (tertiary/aromatic N) is 2. The molecule has 4 rings (SSSR count). The van der Waals surface area contributed by atoms with Crippen molar-refractivity contribution in [1.29, 1.82) is 0 Å². The van der Waals surface area contributed by atoms with Gasteiger partial charge in [0.05, 0.1) is 10.6 Å². The molecule has 0 heterocycles. The summed E-state index contributed by atoms with van der Waals surface area (Å²) < 4.78 is 44.1. The van der Waals surface area contributed by atoms with Crippen LogP contribution in [0.2, 0.25) is 0 Å². The fourth-order valence-corrected chi connectivity index (χ4v) is 6.26. The van der Waals surface area contributed by atoms with Crippen LogP contribution in [-0.2, 0) is 32.6 Å². The van der Waals surface area contributed by atoms with Crippen LogP contribution in [0.4, 0.5) is 10.1 Å². The molecule has 0 fully saturated rings. The summed E-state index contributed by atoms with van der Waals surface area (Å²) >= 11 is 0. The molecule has 0 spiro atoms. The fraction of sp³-hybridized carbons (Fsp3) is 0.257. The van der Waals surface area contributed by atoms with Crippen molar-refractivity contribution in [1.82, 2.24) is 10.2 Å². The Hall–Kier alpha value is -4.50. The van der Waals surface area contributed by atoms with Crippen LogP contribution >= 0.6 is 0 Å². The molecule has 4 aromatic rings. The summed E-state index contributed by atoms with van der Waals surface area (Å²) in [5, 5.41) is 2.98.